The maximum atomic E-state index is 3.30. The fourth-order valence-electron chi connectivity index (χ4n) is 1.25. The van der Waals surface area contributed by atoms with E-state index in [9.17, 15) is 0 Å². The van der Waals surface area contributed by atoms with E-state index in [1.54, 1.807) is 0 Å². The molecule has 1 radical (unpaired) electrons. The van der Waals surface area contributed by atoms with E-state index in [1.165, 1.54) is 44.9 Å². The molecule has 0 amide bonds. The first-order chi connectivity index (χ1) is 5.91. The molecule has 0 aliphatic rings. The molecule has 71 valence electrons. The summed E-state index contributed by atoms with van der Waals surface area (Å²) in [7, 11) is 0. The molecule has 0 aliphatic carbocycles. The summed E-state index contributed by atoms with van der Waals surface area (Å²) in [5, 5.41) is 0. The van der Waals surface area contributed by atoms with Crippen LogP contribution in [0.2, 0.25) is 0 Å². The Morgan fingerprint density at radius 3 is 2.25 bits per heavy atom. The van der Waals surface area contributed by atoms with Gasteiger partial charge in [-0.05, 0) is 25.3 Å². The maximum Gasteiger partial charge on any atom is -0.0279 e. The molecule has 0 heteroatoms. The highest BCUT2D eigenvalue weighted by Crippen LogP contribution is 2.06. The Bertz CT molecular complexity index is 92.2. The van der Waals surface area contributed by atoms with E-state index >= 15 is 0 Å². The zero-order valence-electron chi connectivity index (χ0n) is 8.73. The van der Waals surface area contributed by atoms with Gasteiger partial charge in [-0.2, -0.15) is 0 Å². The van der Waals surface area contributed by atoms with Crippen LogP contribution in [0.3, 0.4) is 0 Å². The van der Waals surface area contributed by atoms with Crippen molar-refractivity contribution in [3.63, 3.8) is 0 Å². The summed E-state index contributed by atoms with van der Waals surface area (Å²) in [6.07, 6.45) is 16.1. The zero-order chi connectivity index (χ0) is 9.07. The van der Waals surface area contributed by atoms with Gasteiger partial charge < -0.3 is 0 Å². The first-order valence-electron chi connectivity index (χ1n) is 5.46. The lowest BCUT2D eigenvalue weighted by Crippen LogP contribution is -1.77. The SMILES string of the molecule is CC/C=[C]\CCCCCCCC. The second-order valence-electron chi connectivity index (χ2n) is 3.33. The third-order valence-electron chi connectivity index (χ3n) is 2.02. The zero-order valence-corrected chi connectivity index (χ0v) is 8.73. The van der Waals surface area contributed by atoms with Crippen LogP contribution in [0, 0.1) is 6.08 Å². The number of hydrogen-bond donors (Lipinski definition) is 0. The lowest BCUT2D eigenvalue weighted by Gasteiger charge is -1.96. The summed E-state index contributed by atoms with van der Waals surface area (Å²) in [5.41, 5.74) is 0. The van der Waals surface area contributed by atoms with Crippen molar-refractivity contribution in [2.24, 2.45) is 0 Å². The molecular formula is C12H23. The second kappa shape index (κ2) is 10.7. The molecule has 0 nitrogen and oxygen atoms in total. The highest BCUT2D eigenvalue weighted by atomic mass is 13.9. The molecule has 0 spiro atoms. The van der Waals surface area contributed by atoms with Gasteiger partial charge in [0.05, 0.1) is 0 Å². The molecule has 0 aromatic carbocycles. The predicted molar refractivity (Wildman–Crippen MR) is 56.1 cm³/mol. The van der Waals surface area contributed by atoms with Gasteiger partial charge in [-0.3, -0.25) is 0 Å². The summed E-state index contributed by atoms with van der Waals surface area (Å²) in [5.74, 6) is 0. The van der Waals surface area contributed by atoms with Gasteiger partial charge in [0.2, 0.25) is 0 Å². The molecule has 0 aromatic heterocycles. The summed E-state index contributed by atoms with van der Waals surface area (Å²) >= 11 is 0. The van der Waals surface area contributed by atoms with Crippen LogP contribution in [0.4, 0.5) is 0 Å². The van der Waals surface area contributed by atoms with E-state index in [0.717, 1.165) is 6.42 Å². The monoisotopic (exact) mass is 167 g/mol. The third-order valence-corrected chi connectivity index (χ3v) is 2.02. The average molecular weight is 167 g/mol. The molecule has 0 unspecified atom stereocenters. The van der Waals surface area contributed by atoms with E-state index in [1.807, 2.05) is 0 Å². The van der Waals surface area contributed by atoms with Crippen LogP contribution in [0.5, 0.6) is 0 Å². The van der Waals surface area contributed by atoms with Gasteiger partial charge in [0.1, 0.15) is 0 Å². The lowest BCUT2D eigenvalue weighted by molar-refractivity contribution is 0.609. The normalized spacial score (nSPS) is 11.2. The average Bonchev–Trinajstić information content (AvgIpc) is 2.10. The molecule has 0 heterocycles. The van der Waals surface area contributed by atoms with Crippen molar-refractivity contribution in [1.29, 1.82) is 0 Å². The highest BCUT2D eigenvalue weighted by Gasteiger charge is 1.87. The molecule has 12 heavy (non-hydrogen) atoms. The second-order valence-corrected chi connectivity index (χ2v) is 3.33. The van der Waals surface area contributed by atoms with Gasteiger partial charge in [0.15, 0.2) is 0 Å². The molecule has 0 fully saturated rings. The molecule has 0 rings (SSSR count). The number of unbranched alkanes of at least 4 members (excludes halogenated alkanes) is 6. The Balaban J connectivity index is 2.86. The topological polar surface area (TPSA) is 0 Å². The first-order valence-corrected chi connectivity index (χ1v) is 5.46. The van der Waals surface area contributed by atoms with E-state index in [2.05, 4.69) is 26.0 Å². The molecule has 0 aromatic rings. The summed E-state index contributed by atoms with van der Waals surface area (Å²) in [6.45, 7) is 4.42. The van der Waals surface area contributed by atoms with Crippen molar-refractivity contribution < 1.29 is 0 Å². The first kappa shape index (κ1) is 11.7. The molecule has 0 atom stereocenters. The lowest BCUT2D eigenvalue weighted by atomic mass is 10.1. The quantitative estimate of drug-likeness (QED) is 0.467. The van der Waals surface area contributed by atoms with Crippen molar-refractivity contribution in [1.82, 2.24) is 0 Å². The summed E-state index contributed by atoms with van der Waals surface area (Å²) in [4.78, 5) is 0. The van der Waals surface area contributed by atoms with Gasteiger partial charge in [0, 0.05) is 0 Å². The Hall–Kier alpha value is -0.260. The van der Waals surface area contributed by atoms with Crippen LogP contribution in [0.15, 0.2) is 6.08 Å². The van der Waals surface area contributed by atoms with Gasteiger partial charge in [-0.25, -0.2) is 0 Å². The highest BCUT2D eigenvalue weighted by molar-refractivity contribution is 4.70. The number of rotatable bonds is 8. The standard InChI is InChI=1S/C12H23/c1-3-5-7-9-11-12-10-8-6-4-2/h5H,3-4,6,8-12H2,1-2H3. The smallest absolute Gasteiger partial charge is 0.0279 e. The summed E-state index contributed by atoms with van der Waals surface area (Å²) in [6, 6.07) is 0. The Morgan fingerprint density at radius 2 is 1.58 bits per heavy atom. The molecule has 0 N–H and O–H groups in total. The van der Waals surface area contributed by atoms with Crippen molar-refractivity contribution >= 4 is 0 Å². The van der Waals surface area contributed by atoms with Gasteiger partial charge in [-0.15, -0.1) is 0 Å². The van der Waals surface area contributed by atoms with E-state index in [-0.39, 0.29) is 0 Å². The minimum atomic E-state index is 1.13. The van der Waals surface area contributed by atoms with Crippen LogP contribution in [-0.4, -0.2) is 0 Å². The van der Waals surface area contributed by atoms with Crippen molar-refractivity contribution in [3.05, 3.63) is 12.2 Å². The largest absolute Gasteiger partial charge is 0.0813 e. The Morgan fingerprint density at radius 1 is 0.917 bits per heavy atom. The van der Waals surface area contributed by atoms with Gasteiger partial charge >= 0.3 is 0 Å². The molecule has 0 aliphatic heterocycles. The van der Waals surface area contributed by atoms with Crippen LogP contribution < -0.4 is 0 Å². The molecule has 0 bridgehead atoms. The van der Waals surface area contributed by atoms with Crippen LogP contribution in [0.25, 0.3) is 0 Å². The predicted octanol–water partition coefficient (Wildman–Crippen LogP) is 4.51. The van der Waals surface area contributed by atoms with Crippen molar-refractivity contribution in [3.8, 4) is 0 Å². The van der Waals surface area contributed by atoms with Gasteiger partial charge in [-0.1, -0.05) is 52.0 Å². The third kappa shape index (κ3) is 9.74. The Kier molecular flexibility index (Phi) is 10.5. The van der Waals surface area contributed by atoms with Crippen LogP contribution in [-0.2, 0) is 0 Å². The molecule has 0 saturated heterocycles. The number of hydrogen-bond acceptors (Lipinski definition) is 0. The van der Waals surface area contributed by atoms with Crippen LogP contribution in [0.1, 0.15) is 65.2 Å². The maximum absolute atomic E-state index is 3.30. The summed E-state index contributed by atoms with van der Waals surface area (Å²) < 4.78 is 0. The van der Waals surface area contributed by atoms with E-state index in [4.69, 9.17) is 0 Å². The number of allylic oxidation sites excluding steroid dienone is 2. The molecule has 0 saturated carbocycles. The molecular weight excluding hydrogens is 144 g/mol. The Labute approximate surface area is 78.1 Å². The van der Waals surface area contributed by atoms with Crippen molar-refractivity contribution in [2.45, 2.75) is 65.2 Å². The van der Waals surface area contributed by atoms with Crippen molar-refractivity contribution in [2.75, 3.05) is 0 Å². The fraction of sp³-hybridized carbons (Fsp3) is 0.833. The van der Waals surface area contributed by atoms with E-state index < -0.39 is 0 Å². The minimum Gasteiger partial charge on any atom is -0.0813 e. The van der Waals surface area contributed by atoms with E-state index in [0.29, 0.717) is 0 Å². The fourth-order valence-corrected chi connectivity index (χ4v) is 1.25. The van der Waals surface area contributed by atoms with Gasteiger partial charge in [0.25, 0.3) is 0 Å². The van der Waals surface area contributed by atoms with Crippen LogP contribution >= 0.6 is 0 Å². The minimum absolute atomic E-state index is 1.13.